The fourth-order valence-corrected chi connectivity index (χ4v) is 4.29. The summed E-state index contributed by atoms with van der Waals surface area (Å²) in [5, 5.41) is 7.59. The van der Waals surface area contributed by atoms with Crippen LogP contribution in [-0.4, -0.2) is 39.1 Å². The first kappa shape index (κ1) is 17.8. The van der Waals surface area contributed by atoms with E-state index in [0.717, 1.165) is 42.9 Å². The van der Waals surface area contributed by atoms with Crippen molar-refractivity contribution in [3.8, 4) is 11.4 Å². The van der Waals surface area contributed by atoms with Crippen molar-refractivity contribution in [2.75, 3.05) is 13.1 Å². The van der Waals surface area contributed by atoms with E-state index in [1.807, 2.05) is 65.6 Å². The molecule has 1 saturated heterocycles. The molecule has 6 heteroatoms. The van der Waals surface area contributed by atoms with E-state index in [0.29, 0.717) is 5.16 Å². The molecule has 0 saturated carbocycles. The maximum Gasteiger partial charge on any atom is 0.240 e. The number of rotatable bonds is 5. The number of amides is 1. The molecule has 0 spiro atoms. The Balaban J connectivity index is 1.58. The Kier molecular flexibility index (Phi) is 5.53. The van der Waals surface area contributed by atoms with Crippen LogP contribution in [-0.2, 0) is 4.79 Å². The van der Waals surface area contributed by atoms with Gasteiger partial charge in [-0.3, -0.25) is 9.89 Å². The molecule has 1 aliphatic rings. The molecule has 1 aromatic heterocycles. The van der Waals surface area contributed by atoms with Crippen LogP contribution in [0.4, 0.5) is 0 Å². The van der Waals surface area contributed by atoms with Gasteiger partial charge in [-0.15, -0.1) is 5.10 Å². The average Bonchev–Trinajstić information content (AvgIpc) is 3.22. The lowest BCUT2D eigenvalue weighted by atomic mass is 10.1. The van der Waals surface area contributed by atoms with Gasteiger partial charge in [-0.2, -0.15) is 0 Å². The number of nitrogens with one attached hydrogen (secondary N) is 1. The number of aromatic nitrogens is 3. The number of likely N-dealkylation sites (tertiary alicyclic amines) is 1. The third kappa shape index (κ3) is 4.22. The fraction of sp³-hybridized carbons (Fsp3) is 0.286. The SMILES string of the molecule is O=C([C@@H](Sc1n[nH]c(-c2ccccc2)n1)c1ccccc1)N1CCCCC1. The number of H-pyrrole nitrogens is 1. The average molecular weight is 379 g/mol. The third-order valence-electron chi connectivity index (χ3n) is 4.73. The Morgan fingerprint density at radius 1 is 0.963 bits per heavy atom. The molecule has 1 atom stereocenters. The van der Waals surface area contributed by atoms with E-state index < -0.39 is 0 Å². The maximum absolute atomic E-state index is 13.2. The Morgan fingerprint density at radius 2 is 1.63 bits per heavy atom. The number of hydrogen-bond acceptors (Lipinski definition) is 4. The minimum atomic E-state index is -0.330. The molecule has 0 bridgehead atoms. The molecule has 0 radical (unpaired) electrons. The zero-order valence-electron chi connectivity index (χ0n) is 15.0. The van der Waals surface area contributed by atoms with Crippen LogP contribution in [0.15, 0.2) is 65.8 Å². The third-order valence-corrected chi connectivity index (χ3v) is 5.83. The van der Waals surface area contributed by atoms with Gasteiger partial charge >= 0.3 is 0 Å². The van der Waals surface area contributed by atoms with E-state index in [9.17, 15) is 4.79 Å². The highest BCUT2D eigenvalue weighted by Crippen LogP contribution is 2.36. The van der Waals surface area contributed by atoms with Crippen molar-refractivity contribution in [1.29, 1.82) is 0 Å². The van der Waals surface area contributed by atoms with E-state index in [2.05, 4.69) is 15.2 Å². The van der Waals surface area contributed by atoms with Crippen molar-refractivity contribution in [3.05, 3.63) is 66.2 Å². The molecule has 27 heavy (non-hydrogen) atoms. The van der Waals surface area contributed by atoms with Crippen LogP contribution < -0.4 is 0 Å². The lowest BCUT2D eigenvalue weighted by Gasteiger charge is -2.30. The molecule has 1 aliphatic heterocycles. The molecule has 138 valence electrons. The Morgan fingerprint density at radius 3 is 2.33 bits per heavy atom. The highest BCUT2D eigenvalue weighted by atomic mass is 32.2. The quantitative estimate of drug-likeness (QED) is 0.672. The Hall–Kier alpha value is -2.60. The molecule has 5 nitrogen and oxygen atoms in total. The van der Waals surface area contributed by atoms with Gasteiger partial charge in [-0.25, -0.2) is 4.98 Å². The van der Waals surface area contributed by atoms with E-state index in [1.54, 1.807) is 0 Å². The molecule has 2 aromatic carbocycles. The number of carbonyl (C=O) groups excluding carboxylic acids is 1. The monoisotopic (exact) mass is 378 g/mol. The summed E-state index contributed by atoms with van der Waals surface area (Å²) in [5.74, 6) is 0.868. The number of piperidine rings is 1. The van der Waals surface area contributed by atoms with Crippen molar-refractivity contribution in [1.82, 2.24) is 20.1 Å². The number of hydrogen-bond donors (Lipinski definition) is 1. The van der Waals surface area contributed by atoms with Crippen LogP contribution in [0.25, 0.3) is 11.4 Å². The van der Waals surface area contributed by atoms with Crippen LogP contribution >= 0.6 is 11.8 Å². The van der Waals surface area contributed by atoms with Gasteiger partial charge in [-0.1, -0.05) is 72.4 Å². The molecule has 1 amide bonds. The summed E-state index contributed by atoms with van der Waals surface area (Å²) in [5.41, 5.74) is 1.97. The van der Waals surface area contributed by atoms with E-state index in [1.165, 1.54) is 18.2 Å². The molecule has 0 unspecified atom stereocenters. The summed E-state index contributed by atoms with van der Waals surface area (Å²) < 4.78 is 0. The first-order chi connectivity index (χ1) is 13.3. The second kappa shape index (κ2) is 8.39. The van der Waals surface area contributed by atoms with Crippen LogP contribution in [0.3, 0.4) is 0 Å². The summed E-state index contributed by atoms with van der Waals surface area (Å²) in [7, 11) is 0. The largest absolute Gasteiger partial charge is 0.341 e. The van der Waals surface area contributed by atoms with Gasteiger partial charge in [0.1, 0.15) is 5.25 Å². The summed E-state index contributed by atoms with van der Waals surface area (Å²) in [4.78, 5) is 19.8. The summed E-state index contributed by atoms with van der Waals surface area (Å²) in [6.45, 7) is 1.68. The summed E-state index contributed by atoms with van der Waals surface area (Å²) in [6.07, 6.45) is 3.36. The van der Waals surface area contributed by atoms with Crippen molar-refractivity contribution in [3.63, 3.8) is 0 Å². The van der Waals surface area contributed by atoms with Crippen LogP contribution in [0.2, 0.25) is 0 Å². The predicted molar refractivity (Wildman–Crippen MR) is 107 cm³/mol. The molecule has 3 aromatic rings. The van der Waals surface area contributed by atoms with E-state index >= 15 is 0 Å². The first-order valence-electron chi connectivity index (χ1n) is 9.29. The summed E-state index contributed by atoms with van der Waals surface area (Å²) in [6, 6.07) is 19.8. The van der Waals surface area contributed by atoms with Crippen molar-refractivity contribution < 1.29 is 4.79 Å². The maximum atomic E-state index is 13.2. The number of nitrogens with zero attached hydrogens (tertiary/aromatic N) is 3. The zero-order valence-corrected chi connectivity index (χ0v) is 15.9. The smallest absolute Gasteiger partial charge is 0.240 e. The number of benzene rings is 2. The van der Waals surface area contributed by atoms with Gasteiger partial charge in [0.2, 0.25) is 11.1 Å². The summed E-state index contributed by atoms with van der Waals surface area (Å²) >= 11 is 1.41. The van der Waals surface area contributed by atoms with Crippen molar-refractivity contribution in [2.45, 2.75) is 29.7 Å². The molecule has 0 aliphatic carbocycles. The van der Waals surface area contributed by atoms with E-state index in [4.69, 9.17) is 0 Å². The molecule has 2 heterocycles. The Labute approximate surface area is 163 Å². The highest BCUT2D eigenvalue weighted by molar-refractivity contribution is 8.00. The predicted octanol–water partition coefficient (Wildman–Crippen LogP) is 4.32. The van der Waals surface area contributed by atoms with Gasteiger partial charge in [-0.05, 0) is 24.8 Å². The first-order valence-corrected chi connectivity index (χ1v) is 10.2. The molecule has 4 rings (SSSR count). The van der Waals surface area contributed by atoms with Crippen LogP contribution in [0.5, 0.6) is 0 Å². The highest BCUT2D eigenvalue weighted by Gasteiger charge is 2.29. The van der Waals surface area contributed by atoms with Gasteiger partial charge in [0.15, 0.2) is 5.82 Å². The minimum Gasteiger partial charge on any atom is -0.341 e. The number of aromatic amines is 1. The van der Waals surface area contributed by atoms with Crippen LogP contribution in [0.1, 0.15) is 30.1 Å². The second-order valence-electron chi connectivity index (χ2n) is 6.63. The lowest BCUT2D eigenvalue weighted by molar-refractivity contribution is -0.131. The molecular formula is C21H22N4OS. The second-order valence-corrected chi connectivity index (χ2v) is 7.70. The molecular weight excluding hydrogens is 356 g/mol. The normalized spacial score (nSPS) is 15.5. The van der Waals surface area contributed by atoms with Crippen molar-refractivity contribution in [2.24, 2.45) is 0 Å². The van der Waals surface area contributed by atoms with Crippen molar-refractivity contribution >= 4 is 17.7 Å². The Bertz CT molecular complexity index is 875. The van der Waals surface area contributed by atoms with Gasteiger partial charge < -0.3 is 4.90 Å². The lowest BCUT2D eigenvalue weighted by Crippen LogP contribution is -2.38. The molecule has 1 N–H and O–H groups in total. The van der Waals surface area contributed by atoms with Gasteiger partial charge in [0.25, 0.3) is 0 Å². The standard InChI is InChI=1S/C21H22N4OS/c26-20(25-14-8-3-9-15-25)18(16-10-4-1-5-11-16)27-21-22-19(23-24-21)17-12-6-2-7-13-17/h1-2,4-7,10-13,18H,3,8-9,14-15H2,(H,22,23,24)/t18-/m0/s1. The zero-order chi connectivity index (χ0) is 18.5. The minimum absolute atomic E-state index is 0.150. The topological polar surface area (TPSA) is 61.9 Å². The van der Waals surface area contributed by atoms with Crippen LogP contribution in [0, 0.1) is 0 Å². The number of carbonyl (C=O) groups is 1. The van der Waals surface area contributed by atoms with Gasteiger partial charge in [0, 0.05) is 18.7 Å². The number of thioether (sulfide) groups is 1. The van der Waals surface area contributed by atoms with E-state index in [-0.39, 0.29) is 11.2 Å². The fourth-order valence-electron chi connectivity index (χ4n) is 3.30. The molecule has 1 fully saturated rings. The van der Waals surface area contributed by atoms with Gasteiger partial charge in [0.05, 0.1) is 0 Å².